The molecule has 0 aliphatic rings. The van der Waals surface area contributed by atoms with Crippen molar-refractivity contribution in [1.82, 2.24) is 0 Å². The van der Waals surface area contributed by atoms with Gasteiger partial charge in [0.2, 0.25) is 0 Å². The molecule has 0 aliphatic carbocycles. The first-order valence-corrected chi connectivity index (χ1v) is 8.72. The Morgan fingerprint density at radius 2 is 0.917 bits per heavy atom. The molecule has 2 rings (SSSR count). The van der Waals surface area contributed by atoms with E-state index in [2.05, 4.69) is 9.05 Å². The zero-order valence-corrected chi connectivity index (χ0v) is 18.8. The molecule has 2 aromatic carbocycles. The van der Waals surface area contributed by atoms with E-state index in [9.17, 15) is 18.9 Å². The first-order chi connectivity index (χ1) is 10.2. The second-order valence-corrected chi connectivity index (χ2v) is 5.99. The van der Waals surface area contributed by atoms with Crippen LogP contribution in [0, 0.1) is 0 Å². The summed E-state index contributed by atoms with van der Waals surface area (Å²) in [6.07, 6.45) is 0. The van der Waals surface area contributed by atoms with Gasteiger partial charge in [-0.1, -0.05) is 36.4 Å². The Bertz CT molecular complexity index is 600. The van der Waals surface area contributed by atoms with E-state index in [-0.39, 0.29) is 70.6 Å². The minimum Gasteiger partial charge on any atom is -0.746 e. The summed E-state index contributed by atoms with van der Waals surface area (Å²) in [4.78, 5) is 36.8. The fourth-order valence-corrected chi connectivity index (χ4v) is 2.01. The molecule has 2 unspecified atom stereocenters. The summed E-state index contributed by atoms with van der Waals surface area (Å²) in [5.74, 6) is 0.210. The average molecular weight is 392 g/mol. The molecule has 2 N–H and O–H groups in total. The summed E-state index contributed by atoms with van der Waals surface area (Å²) in [5, 5.41) is 0. The molecule has 120 valence electrons. The molecule has 2 atom stereocenters. The van der Waals surface area contributed by atoms with E-state index in [4.69, 9.17) is 9.79 Å². The van der Waals surface area contributed by atoms with Crippen molar-refractivity contribution in [3.8, 4) is 11.5 Å². The van der Waals surface area contributed by atoms with E-state index in [1.807, 2.05) is 0 Å². The van der Waals surface area contributed by atoms with Gasteiger partial charge in [-0.3, -0.25) is 9.13 Å². The van der Waals surface area contributed by atoms with Crippen molar-refractivity contribution >= 4 is 15.6 Å². The van der Waals surface area contributed by atoms with E-state index < -0.39 is 15.6 Å². The van der Waals surface area contributed by atoms with Gasteiger partial charge in [-0.25, -0.2) is 0 Å². The van der Waals surface area contributed by atoms with Crippen LogP contribution in [0.5, 0.6) is 11.5 Å². The first-order valence-electron chi connectivity index (χ1n) is 5.73. The summed E-state index contributed by atoms with van der Waals surface area (Å²) in [5.41, 5.74) is 0. The van der Waals surface area contributed by atoms with Crippen molar-refractivity contribution < 1.29 is 96.9 Å². The van der Waals surface area contributed by atoms with E-state index in [1.54, 1.807) is 36.4 Å². The third-order valence-electron chi connectivity index (χ3n) is 1.93. The second-order valence-electron chi connectivity index (χ2n) is 3.75. The van der Waals surface area contributed by atoms with Crippen molar-refractivity contribution in [3.63, 3.8) is 0 Å². The predicted octanol–water partition coefficient (Wildman–Crippen LogP) is -4.94. The van der Waals surface area contributed by atoms with Crippen LogP contribution in [-0.4, -0.2) is 9.79 Å². The minimum atomic E-state index is -4.64. The monoisotopic (exact) mass is 392 g/mol. The maximum Gasteiger partial charge on any atom is 1.00 e. The van der Waals surface area contributed by atoms with E-state index in [0.717, 1.165) is 0 Å². The fraction of sp³-hybridized carbons (Fsp3) is 0. The molecule has 8 nitrogen and oxygen atoms in total. The van der Waals surface area contributed by atoms with Crippen LogP contribution in [0.3, 0.4) is 0 Å². The number of hydrogen-bond acceptors (Lipinski definition) is 6. The number of phosphoric ester groups is 2. The molecule has 0 saturated heterocycles. The van der Waals surface area contributed by atoms with Crippen LogP contribution in [0.4, 0.5) is 0 Å². The van der Waals surface area contributed by atoms with E-state index in [0.29, 0.717) is 0 Å². The Balaban J connectivity index is 0. The third kappa shape index (κ3) is 14.7. The van der Waals surface area contributed by atoms with Gasteiger partial charge in [0.15, 0.2) is 0 Å². The molecule has 12 heteroatoms. The van der Waals surface area contributed by atoms with Gasteiger partial charge in [0.05, 0.1) is 0 Å². The number of hydrogen-bond donors (Lipinski definition) is 2. The molecule has 2 aromatic rings. The number of para-hydroxylation sites is 2. The first kappa shape index (κ1) is 26.6. The molecular formula is C12H12Na2O8P2. The van der Waals surface area contributed by atoms with Crippen LogP contribution in [0.1, 0.15) is 0 Å². The standard InChI is InChI=1S/2C6H7O4P.2Na/c2*7-11(8,9)10-6-4-2-1-3-5-6;;/h2*1-5H,(H2,7,8,9);;/q;;2*+1/p-2. The van der Waals surface area contributed by atoms with Gasteiger partial charge in [0.25, 0.3) is 0 Å². The van der Waals surface area contributed by atoms with Gasteiger partial charge in [-0.2, -0.15) is 0 Å². The van der Waals surface area contributed by atoms with E-state index >= 15 is 0 Å². The Labute approximate surface area is 183 Å². The summed E-state index contributed by atoms with van der Waals surface area (Å²) in [7, 11) is -9.28. The normalized spacial score (nSPS) is 14.2. The SMILES string of the molecule is O=P([O-])(O)Oc1ccccc1.O=P([O-])(O)Oc1ccccc1.[Na+].[Na+]. The number of benzene rings is 2. The summed E-state index contributed by atoms with van der Waals surface area (Å²) >= 11 is 0. The molecule has 0 amide bonds. The zero-order valence-electron chi connectivity index (χ0n) is 13.0. The molecule has 24 heavy (non-hydrogen) atoms. The van der Waals surface area contributed by atoms with Crippen LogP contribution in [0.25, 0.3) is 0 Å². The zero-order chi connectivity index (χ0) is 16.6. The van der Waals surface area contributed by atoms with Crippen molar-refractivity contribution in [2.75, 3.05) is 0 Å². The van der Waals surface area contributed by atoms with Gasteiger partial charge >= 0.3 is 74.8 Å². The molecule has 0 fully saturated rings. The van der Waals surface area contributed by atoms with Gasteiger partial charge in [-0.15, -0.1) is 0 Å². The molecule has 0 radical (unpaired) electrons. The largest absolute Gasteiger partial charge is 1.00 e. The van der Waals surface area contributed by atoms with Crippen LogP contribution in [-0.2, 0) is 9.13 Å². The molecule has 0 aliphatic heterocycles. The Morgan fingerprint density at radius 3 is 1.12 bits per heavy atom. The third-order valence-corrected chi connectivity index (χ3v) is 2.81. The molecule has 0 bridgehead atoms. The van der Waals surface area contributed by atoms with Crippen molar-refractivity contribution in [1.29, 1.82) is 0 Å². The van der Waals surface area contributed by atoms with Gasteiger partial charge in [-0.05, 0) is 24.3 Å². The van der Waals surface area contributed by atoms with Crippen molar-refractivity contribution in [3.05, 3.63) is 60.7 Å². The van der Waals surface area contributed by atoms with Gasteiger partial charge in [0.1, 0.15) is 11.5 Å². The van der Waals surface area contributed by atoms with Crippen LogP contribution >= 0.6 is 15.6 Å². The maximum atomic E-state index is 10.2. The quantitative estimate of drug-likeness (QED) is 0.390. The van der Waals surface area contributed by atoms with Gasteiger partial charge < -0.3 is 28.6 Å². The molecule has 0 heterocycles. The average Bonchev–Trinajstić information content (AvgIpc) is 2.38. The minimum absolute atomic E-state index is 0. The maximum absolute atomic E-state index is 10.2. The topological polar surface area (TPSA) is 139 Å². The second kappa shape index (κ2) is 12.7. The number of rotatable bonds is 4. The van der Waals surface area contributed by atoms with Crippen molar-refractivity contribution in [2.45, 2.75) is 0 Å². The van der Waals surface area contributed by atoms with Crippen molar-refractivity contribution in [2.24, 2.45) is 0 Å². The number of phosphoric acid groups is 2. The Kier molecular flexibility index (Phi) is 14.0. The Hall–Kier alpha value is 0.340. The molecule has 0 spiro atoms. The summed E-state index contributed by atoms with van der Waals surface area (Å²) < 4.78 is 28.6. The summed E-state index contributed by atoms with van der Waals surface area (Å²) in [6.45, 7) is 0. The van der Waals surface area contributed by atoms with Crippen LogP contribution in [0.15, 0.2) is 60.7 Å². The Morgan fingerprint density at radius 1 is 0.667 bits per heavy atom. The molecular weight excluding hydrogens is 380 g/mol. The fourth-order valence-electron chi connectivity index (χ4n) is 1.23. The van der Waals surface area contributed by atoms with E-state index in [1.165, 1.54) is 24.3 Å². The van der Waals surface area contributed by atoms with Crippen LogP contribution < -0.4 is 77.9 Å². The molecule has 0 saturated carbocycles. The van der Waals surface area contributed by atoms with Crippen LogP contribution in [0.2, 0.25) is 0 Å². The summed E-state index contributed by atoms with van der Waals surface area (Å²) in [6, 6.07) is 15.6. The smallest absolute Gasteiger partial charge is 0.746 e. The van der Waals surface area contributed by atoms with Gasteiger partial charge in [0, 0.05) is 0 Å². The predicted molar refractivity (Wildman–Crippen MR) is 73.8 cm³/mol. The molecule has 0 aromatic heterocycles.